The van der Waals surface area contributed by atoms with E-state index in [9.17, 15) is 9.59 Å². The van der Waals surface area contributed by atoms with Crippen molar-refractivity contribution in [2.75, 3.05) is 17.2 Å². The van der Waals surface area contributed by atoms with Gasteiger partial charge in [0.05, 0.1) is 73.7 Å². The summed E-state index contributed by atoms with van der Waals surface area (Å²) in [6.07, 6.45) is 32.3. The molecule has 0 radical (unpaired) electrons. The number of aliphatic imine (C=N–C) groups is 1. The number of imidazole rings is 3. The summed E-state index contributed by atoms with van der Waals surface area (Å²) in [5.74, 6) is 1.40. The molecule has 27 nitrogen and oxygen atoms in total. The highest BCUT2D eigenvalue weighted by Gasteiger charge is 2.25. The lowest BCUT2D eigenvalue weighted by atomic mass is 9.98. The summed E-state index contributed by atoms with van der Waals surface area (Å²) in [4.78, 5) is 99.6. The maximum absolute atomic E-state index is 14.0. The lowest BCUT2D eigenvalue weighted by Gasteiger charge is -2.13. The summed E-state index contributed by atoms with van der Waals surface area (Å²) in [6, 6.07) is 21.0. The van der Waals surface area contributed by atoms with Gasteiger partial charge in [0.15, 0.2) is 34.4 Å². The van der Waals surface area contributed by atoms with Crippen LogP contribution in [0.4, 0.5) is 11.5 Å². The van der Waals surface area contributed by atoms with Gasteiger partial charge in [-0.2, -0.15) is 15.3 Å². The maximum atomic E-state index is 14.0. The molecule has 0 saturated carbocycles. The summed E-state index contributed by atoms with van der Waals surface area (Å²) in [7, 11) is 0. The number of pyridine rings is 10. The van der Waals surface area contributed by atoms with Gasteiger partial charge in [0.25, 0.3) is 0 Å². The van der Waals surface area contributed by atoms with Gasteiger partial charge in [-0.05, 0) is 60.7 Å². The van der Waals surface area contributed by atoms with Crippen molar-refractivity contribution in [3.8, 4) is 79.1 Å². The van der Waals surface area contributed by atoms with Crippen LogP contribution in [-0.4, -0.2) is 134 Å². The van der Waals surface area contributed by atoms with E-state index in [1.807, 2.05) is 77.5 Å². The molecule has 1 unspecified atom stereocenters. The van der Waals surface area contributed by atoms with E-state index in [2.05, 4.69) is 102 Å². The third-order valence-electron chi connectivity index (χ3n) is 16.6. The zero-order chi connectivity index (χ0) is 62.6. The highest BCUT2D eigenvalue weighted by Crippen LogP contribution is 2.37. The Bertz CT molecular complexity index is 5690. The number of aromatic amines is 5. The molecule has 0 aromatic carbocycles. The van der Waals surface area contributed by atoms with E-state index in [4.69, 9.17) is 25.0 Å². The third kappa shape index (κ3) is 10.1. The quantitative estimate of drug-likeness (QED) is 0.0472. The number of aromatic nitrogens is 22. The van der Waals surface area contributed by atoms with Crippen LogP contribution in [0.25, 0.3) is 145 Å². The molecule has 17 rings (SSSR count). The molecule has 452 valence electrons. The zero-order valence-corrected chi connectivity index (χ0v) is 49.2. The zero-order valence-electron chi connectivity index (χ0n) is 49.2. The number of carbonyl (C=O) groups is 2. The molecule has 16 aromatic rings. The fraction of sp³-hybridized carbons (Fsp3) is 0.0896. The Labute approximate surface area is 529 Å². The van der Waals surface area contributed by atoms with Crippen LogP contribution >= 0.6 is 0 Å². The summed E-state index contributed by atoms with van der Waals surface area (Å²) in [6.45, 7) is 0.741. The van der Waals surface area contributed by atoms with Gasteiger partial charge in [0.2, 0.25) is 11.8 Å². The van der Waals surface area contributed by atoms with Gasteiger partial charge in [-0.1, -0.05) is 18.2 Å². The summed E-state index contributed by atoms with van der Waals surface area (Å²) in [5.41, 5.74) is 16.4. The van der Waals surface area contributed by atoms with E-state index < -0.39 is 0 Å². The SMILES string of the molecule is O=C(CCc1nccc2nc(-c3n[nH]c4ncc(-c5cccnc5)cc34)[nH]c12)Nc1cncc(-c2cnc3[nH]nc(-c4nc5c(C6C=CC=NC6)cncc5n4CCC(=O)Nc4ccc(-c5cnc6[nH]nc(-c7nc8c(-c9cccnc9)cncc8[nH]7)c6c5)cn4)c3c2)c1. The Balaban J connectivity index is 0.598. The molecule has 27 heteroatoms. The van der Waals surface area contributed by atoms with Crippen LogP contribution in [0.5, 0.6) is 0 Å². The van der Waals surface area contributed by atoms with E-state index in [0.29, 0.717) is 115 Å². The highest BCUT2D eigenvalue weighted by molar-refractivity contribution is 5.99. The minimum Gasteiger partial charge on any atom is -0.335 e. The first-order valence-electron chi connectivity index (χ1n) is 29.9. The number of hydrogen-bond donors (Lipinski definition) is 7. The lowest BCUT2D eigenvalue weighted by molar-refractivity contribution is -0.117. The standard InChI is InChI=1S/C67H47N25O2/c93-54(10-8-49-61-50(11-16-74-49)80-65(84-61)58-44-19-40(27-76-62(44)89-86-58)35-4-1-13-68-22-35)79-43-18-39(25-71-30-43)42-21-46-60(88-91-64(46)78-29-42)67-85-57-48(38-6-3-15-70-24-38)32-73-34-52(57)92(67)17-12-55(94)82-53-9-7-36(26-75-53)41-20-45-59(87-90-63(45)77-28-41)66-81-51-33-72-31-47(56(51)83-66)37-5-2-14-69-23-37/h1-7,9,11,13-16,18-23,25-34,38H,8,10,12,17,24H2,(H,79,93)(H,80,84)(H,81,83)(H,75,82,94)(H,76,86,89)(H,77,87,90)(H,78,88,91). The van der Waals surface area contributed by atoms with Crippen molar-refractivity contribution in [3.05, 3.63) is 183 Å². The van der Waals surface area contributed by atoms with Gasteiger partial charge < -0.3 is 25.2 Å². The molecule has 1 atom stereocenters. The van der Waals surface area contributed by atoms with Crippen molar-refractivity contribution in [1.29, 1.82) is 0 Å². The molecule has 0 spiro atoms. The second kappa shape index (κ2) is 22.9. The minimum atomic E-state index is -0.272. The number of aryl methyl sites for hydroxylation is 2. The molecule has 17 heterocycles. The summed E-state index contributed by atoms with van der Waals surface area (Å²) in [5, 5.41) is 31.3. The highest BCUT2D eigenvalue weighted by atomic mass is 16.2. The van der Waals surface area contributed by atoms with E-state index in [1.165, 1.54) is 0 Å². The number of H-pyrrole nitrogens is 5. The van der Waals surface area contributed by atoms with Crippen LogP contribution in [-0.2, 0) is 22.6 Å². The number of nitrogens with zero attached hydrogens (tertiary/aromatic N) is 18. The Morgan fingerprint density at radius 3 is 1.93 bits per heavy atom. The first-order valence-corrected chi connectivity index (χ1v) is 29.9. The van der Waals surface area contributed by atoms with E-state index in [0.717, 1.165) is 66.3 Å². The van der Waals surface area contributed by atoms with Crippen LogP contribution in [0.15, 0.2) is 177 Å². The second-order valence-electron chi connectivity index (χ2n) is 22.4. The van der Waals surface area contributed by atoms with E-state index in [-0.39, 0.29) is 37.1 Å². The number of amides is 2. The van der Waals surface area contributed by atoms with Gasteiger partial charge >= 0.3 is 0 Å². The maximum Gasteiger partial charge on any atom is 0.227 e. The lowest BCUT2D eigenvalue weighted by Crippen LogP contribution is -2.16. The molecule has 0 saturated heterocycles. The van der Waals surface area contributed by atoms with Crippen LogP contribution in [0.1, 0.15) is 30.0 Å². The molecule has 2 amide bonds. The third-order valence-corrected chi connectivity index (χ3v) is 16.6. The first kappa shape index (κ1) is 54.8. The Morgan fingerprint density at radius 1 is 0.543 bits per heavy atom. The average Bonchev–Trinajstić information content (AvgIpc) is 1.62. The molecule has 16 aromatic heterocycles. The molecular weight excluding hydrogens is 1190 g/mol. The van der Waals surface area contributed by atoms with Crippen molar-refractivity contribution in [2.45, 2.75) is 31.7 Å². The van der Waals surface area contributed by atoms with Gasteiger partial charge in [-0.25, -0.2) is 34.9 Å². The molecular formula is C67H47N25O2. The van der Waals surface area contributed by atoms with Crippen molar-refractivity contribution < 1.29 is 9.59 Å². The Morgan fingerprint density at radius 2 is 1.20 bits per heavy atom. The molecule has 0 bridgehead atoms. The van der Waals surface area contributed by atoms with E-state index in [1.54, 1.807) is 99.0 Å². The average molecular weight is 1230 g/mol. The van der Waals surface area contributed by atoms with E-state index >= 15 is 0 Å². The fourth-order valence-electron chi connectivity index (χ4n) is 11.9. The van der Waals surface area contributed by atoms with Crippen LogP contribution < -0.4 is 10.6 Å². The normalized spacial score (nSPS) is 13.1. The number of nitrogens with one attached hydrogen (secondary N) is 7. The van der Waals surface area contributed by atoms with Gasteiger partial charge in [0.1, 0.15) is 28.4 Å². The number of carbonyl (C=O) groups excluding carboxylic acids is 2. The minimum absolute atomic E-state index is 0.0498. The smallest absolute Gasteiger partial charge is 0.227 e. The number of hydrogen-bond acceptors (Lipinski definition) is 19. The first-order chi connectivity index (χ1) is 46.3. The molecule has 0 fully saturated rings. The topological polar surface area (TPSA) is 361 Å². The molecule has 94 heavy (non-hydrogen) atoms. The fourth-order valence-corrected chi connectivity index (χ4v) is 11.9. The van der Waals surface area contributed by atoms with Gasteiger partial charge in [0, 0.05) is 169 Å². The summed E-state index contributed by atoms with van der Waals surface area (Å²) >= 11 is 0. The van der Waals surface area contributed by atoms with Crippen LogP contribution in [0.2, 0.25) is 0 Å². The summed E-state index contributed by atoms with van der Waals surface area (Å²) < 4.78 is 1.96. The van der Waals surface area contributed by atoms with Gasteiger partial charge in [-0.3, -0.25) is 59.8 Å². The molecule has 1 aliphatic heterocycles. The molecule has 7 N–H and O–H groups in total. The second-order valence-corrected chi connectivity index (χ2v) is 22.4. The number of allylic oxidation sites excluding steroid dienone is 1. The van der Waals surface area contributed by atoms with Gasteiger partial charge in [-0.15, -0.1) is 0 Å². The number of rotatable bonds is 16. The van der Waals surface area contributed by atoms with Crippen LogP contribution in [0.3, 0.4) is 0 Å². The predicted molar refractivity (Wildman–Crippen MR) is 352 cm³/mol. The molecule has 1 aliphatic rings. The van der Waals surface area contributed by atoms with Crippen molar-refractivity contribution in [2.24, 2.45) is 4.99 Å². The molecule has 0 aliphatic carbocycles. The number of anilines is 2. The van der Waals surface area contributed by atoms with Crippen LogP contribution in [0, 0.1) is 0 Å². The Hall–Kier alpha value is -13.3. The number of fused-ring (bicyclic) bond motifs is 6. The number of dihydropyridines is 1. The van der Waals surface area contributed by atoms with Crippen molar-refractivity contribution in [3.63, 3.8) is 0 Å². The Kier molecular flexibility index (Phi) is 13.4. The largest absolute Gasteiger partial charge is 0.335 e. The van der Waals surface area contributed by atoms with Crippen molar-refractivity contribution in [1.82, 2.24) is 110 Å². The predicted octanol–water partition coefficient (Wildman–Crippen LogP) is 10.4. The van der Waals surface area contributed by atoms with Crippen molar-refractivity contribution >= 4 is 95.7 Å². The monoisotopic (exact) mass is 1230 g/mol.